The number of carbonyl (C=O) groups is 1. The van der Waals surface area contributed by atoms with Gasteiger partial charge < -0.3 is 24.4 Å². The molecule has 0 unspecified atom stereocenters. The van der Waals surface area contributed by atoms with Gasteiger partial charge in [-0.3, -0.25) is 9.69 Å². The predicted octanol–water partition coefficient (Wildman–Crippen LogP) is 3.10. The van der Waals surface area contributed by atoms with Gasteiger partial charge in [-0.2, -0.15) is 0 Å². The molecule has 0 atom stereocenters. The molecule has 1 N–H and O–H groups in total. The van der Waals surface area contributed by atoms with E-state index < -0.39 is 0 Å². The Morgan fingerprint density at radius 2 is 1.48 bits per heavy atom. The van der Waals surface area contributed by atoms with E-state index in [2.05, 4.69) is 46.3 Å². The number of carbonyl (C=O) groups excluding carboxylic acids is 1. The van der Waals surface area contributed by atoms with E-state index in [4.69, 9.17) is 14.2 Å². The molecule has 7 nitrogen and oxygen atoms in total. The summed E-state index contributed by atoms with van der Waals surface area (Å²) >= 11 is 0. The van der Waals surface area contributed by atoms with Crippen molar-refractivity contribution in [1.29, 1.82) is 0 Å². The molecule has 1 amide bonds. The standard InChI is InChI=1S/C26H37N3O4/c1-5-28-14-16-29(17-15-28)19-21-8-6-20(7-9-21)18-27-24(30)13-11-22-10-12-23(31-2)26(33-4)25(22)32-3/h6-10,12H,5,11,13-19H2,1-4H3,(H,27,30). The number of likely N-dealkylation sites (N-methyl/N-ethyl adjacent to an activating group) is 1. The second-order valence-corrected chi connectivity index (χ2v) is 8.30. The van der Waals surface area contributed by atoms with Gasteiger partial charge in [0, 0.05) is 45.7 Å². The second-order valence-electron chi connectivity index (χ2n) is 8.30. The first kappa shape index (κ1) is 24.9. The van der Waals surface area contributed by atoms with E-state index in [9.17, 15) is 4.79 Å². The van der Waals surface area contributed by atoms with Crippen LogP contribution < -0.4 is 19.5 Å². The fourth-order valence-corrected chi connectivity index (χ4v) is 4.18. The highest BCUT2D eigenvalue weighted by Gasteiger charge is 2.17. The maximum Gasteiger partial charge on any atom is 0.220 e. The molecule has 2 aromatic rings. The van der Waals surface area contributed by atoms with Crippen molar-refractivity contribution in [3.05, 3.63) is 53.1 Å². The molecule has 2 aromatic carbocycles. The number of aryl methyl sites for hydroxylation is 1. The van der Waals surface area contributed by atoms with Crippen molar-refractivity contribution < 1.29 is 19.0 Å². The number of nitrogens with one attached hydrogen (secondary N) is 1. The smallest absolute Gasteiger partial charge is 0.220 e. The molecular weight excluding hydrogens is 418 g/mol. The number of hydrogen-bond acceptors (Lipinski definition) is 6. The number of piperazine rings is 1. The molecule has 0 radical (unpaired) electrons. The molecule has 180 valence electrons. The van der Waals surface area contributed by atoms with Crippen LogP contribution in [0.25, 0.3) is 0 Å². The van der Waals surface area contributed by atoms with Crippen LogP contribution in [0.2, 0.25) is 0 Å². The zero-order valence-electron chi connectivity index (χ0n) is 20.4. The zero-order chi connectivity index (χ0) is 23.6. The van der Waals surface area contributed by atoms with Crippen molar-refractivity contribution in [2.75, 3.05) is 54.1 Å². The average Bonchev–Trinajstić information content (AvgIpc) is 2.86. The third-order valence-electron chi connectivity index (χ3n) is 6.24. The van der Waals surface area contributed by atoms with Gasteiger partial charge in [0.05, 0.1) is 21.3 Å². The average molecular weight is 456 g/mol. The number of nitrogens with zero attached hydrogens (tertiary/aromatic N) is 2. The van der Waals surface area contributed by atoms with E-state index in [1.807, 2.05) is 12.1 Å². The first-order valence-corrected chi connectivity index (χ1v) is 11.6. The fourth-order valence-electron chi connectivity index (χ4n) is 4.18. The molecule has 1 heterocycles. The lowest BCUT2D eigenvalue weighted by Crippen LogP contribution is -2.45. The summed E-state index contributed by atoms with van der Waals surface area (Å²) < 4.78 is 16.2. The highest BCUT2D eigenvalue weighted by Crippen LogP contribution is 2.40. The van der Waals surface area contributed by atoms with Gasteiger partial charge in [0.1, 0.15) is 0 Å². The van der Waals surface area contributed by atoms with E-state index in [0.29, 0.717) is 36.6 Å². The lowest BCUT2D eigenvalue weighted by Gasteiger charge is -2.34. The van der Waals surface area contributed by atoms with Gasteiger partial charge in [0.2, 0.25) is 11.7 Å². The Labute approximate surface area is 197 Å². The zero-order valence-corrected chi connectivity index (χ0v) is 20.4. The number of hydrogen-bond donors (Lipinski definition) is 1. The largest absolute Gasteiger partial charge is 0.493 e. The fraction of sp³-hybridized carbons (Fsp3) is 0.500. The normalized spacial score (nSPS) is 14.7. The van der Waals surface area contributed by atoms with Crippen LogP contribution in [0.1, 0.15) is 30.0 Å². The first-order chi connectivity index (χ1) is 16.1. The minimum atomic E-state index is 0.00436. The summed E-state index contributed by atoms with van der Waals surface area (Å²) in [6, 6.07) is 12.3. The molecule has 7 heteroatoms. The van der Waals surface area contributed by atoms with Crippen LogP contribution in [0.3, 0.4) is 0 Å². The third-order valence-corrected chi connectivity index (χ3v) is 6.24. The molecule has 33 heavy (non-hydrogen) atoms. The van der Waals surface area contributed by atoms with E-state index in [-0.39, 0.29) is 5.91 Å². The van der Waals surface area contributed by atoms with Crippen molar-refractivity contribution >= 4 is 5.91 Å². The van der Waals surface area contributed by atoms with Crippen LogP contribution >= 0.6 is 0 Å². The highest BCUT2D eigenvalue weighted by atomic mass is 16.5. The molecular formula is C26H37N3O4. The Balaban J connectivity index is 1.45. The SMILES string of the molecule is CCN1CCN(Cc2ccc(CNC(=O)CCc3ccc(OC)c(OC)c3OC)cc2)CC1. The molecule has 0 aliphatic carbocycles. The Hall–Kier alpha value is -2.77. The monoisotopic (exact) mass is 455 g/mol. The quantitative estimate of drug-likeness (QED) is 0.562. The lowest BCUT2D eigenvalue weighted by atomic mass is 10.1. The summed E-state index contributed by atoms with van der Waals surface area (Å²) in [5.74, 6) is 1.76. The van der Waals surface area contributed by atoms with Crippen LogP contribution in [0.4, 0.5) is 0 Å². The third kappa shape index (κ3) is 6.85. The molecule has 0 bridgehead atoms. The summed E-state index contributed by atoms with van der Waals surface area (Å²) in [6.45, 7) is 9.41. The molecule has 0 aromatic heterocycles. The maximum absolute atomic E-state index is 12.4. The summed E-state index contributed by atoms with van der Waals surface area (Å²) in [5, 5.41) is 3.02. The molecule has 3 rings (SSSR count). The number of rotatable bonds is 11. The minimum absolute atomic E-state index is 0.00436. The molecule has 1 saturated heterocycles. The molecule has 0 saturated carbocycles. The summed E-state index contributed by atoms with van der Waals surface area (Å²) in [5.41, 5.74) is 3.33. The van der Waals surface area contributed by atoms with E-state index in [1.165, 1.54) is 5.56 Å². The van der Waals surface area contributed by atoms with Crippen LogP contribution in [-0.4, -0.2) is 69.8 Å². The van der Waals surface area contributed by atoms with Crippen LogP contribution in [-0.2, 0) is 24.3 Å². The Morgan fingerprint density at radius 3 is 2.09 bits per heavy atom. The molecule has 1 fully saturated rings. The summed E-state index contributed by atoms with van der Waals surface area (Å²) in [6.07, 6.45) is 0.924. The van der Waals surface area contributed by atoms with Gasteiger partial charge in [-0.25, -0.2) is 0 Å². The Morgan fingerprint density at radius 1 is 0.848 bits per heavy atom. The maximum atomic E-state index is 12.4. The van der Waals surface area contributed by atoms with Crippen molar-refractivity contribution in [3.8, 4) is 17.2 Å². The van der Waals surface area contributed by atoms with E-state index >= 15 is 0 Å². The van der Waals surface area contributed by atoms with E-state index in [0.717, 1.165) is 50.4 Å². The van der Waals surface area contributed by atoms with Crippen molar-refractivity contribution in [1.82, 2.24) is 15.1 Å². The van der Waals surface area contributed by atoms with Crippen LogP contribution in [0, 0.1) is 0 Å². The molecule has 0 spiro atoms. The first-order valence-electron chi connectivity index (χ1n) is 11.6. The van der Waals surface area contributed by atoms with Gasteiger partial charge >= 0.3 is 0 Å². The second kappa shape index (κ2) is 12.5. The minimum Gasteiger partial charge on any atom is -0.493 e. The Bertz CT molecular complexity index is 893. The van der Waals surface area contributed by atoms with Gasteiger partial charge in [-0.05, 0) is 35.7 Å². The molecule has 1 aliphatic heterocycles. The summed E-state index contributed by atoms with van der Waals surface area (Å²) in [7, 11) is 4.76. The van der Waals surface area contributed by atoms with E-state index in [1.54, 1.807) is 21.3 Å². The van der Waals surface area contributed by atoms with Crippen molar-refractivity contribution in [2.45, 2.75) is 32.9 Å². The lowest BCUT2D eigenvalue weighted by molar-refractivity contribution is -0.121. The van der Waals surface area contributed by atoms with Crippen molar-refractivity contribution in [3.63, 3.8) is 0 Å². The number of benzene rings is 2. The van der Waals surface area contributed by atoms with Gasteiger partial charge in [0.25, 0.3) is 0 Å². The number of amides is 1. The number of methoxy groups -OCH3 is 3. The van der Waals surface area contributed by atoms with Crippen LogP contribution in [0.15, 0.2) is 36.4 Å². The van der Waals surface area contributed by atoms with Gasteiger partial charge in [-0.1, -0.05) is 37.3 Å². The topological polar surface area (TPSA) is 63.3 Å². The van der Waals surface area contributed by atoms with Gasteiger partial charge in [-0.15, -0.1) is 0 Å². The summed E-state index contributed by atoms with van der Waals surface area (Å²) in [4.78, 5) is 17.4. The van der Waals surface area contributed by atoms with Crippen molar-refractivity contribution in [2.24, 2.45) is 0 Å². The Kier molecular flexibility index (Phi) is 9.39. The van der Waals surface area contributed by atoms with Crippen LogP contribution in [0.5, 0.6) is 17.2 Å². The predicted molar refractivity (Wildman–Crippen MR) is 130 cm³/mol. The highest BCUT2D eigenvalue weighted by molar-refractivity contribution is 5.76. The molecule has 1 aliphatic rings. The number of ether oxygens (including phenoxy) is 3. The van der Waals surface area contributed by atoms with Gasteiger partial charge in [0.15, 0.2) is 11.5 Å².